The van der Waals surface area contributed by atoms with Crippen LogP contribution in [0.3, 0.4) is 0 Å². The molecule has 0 aliphatic carbocycles. The standard InChI is InChI=1S/C15H15F2NO/c1-9-3-4-10(7-13(9)17)15(18)12-8-11(16)5-6-14(12)19-2/h3-8,15H,18H2,1-2H3. The normalized spacial score (nSPS) is 12.3. The van der Waals surface area contributed by atoms with E-state index >= 15 is 0 Å². The first-order valence-electron chi connectivity index (χ1n) is 5.88. The summed E-state index contributed by atoms with van der Waals surface area (Å²) in [4.78, 5) is 0. The van der Waals surface area contributed by atoms with Gasteiger partial charge in [0.05, 0.1) is 13.2 Å². The minimum Gasteiger partial charge on any atom is -0.496 e. The van der Waals surface area contributed by atoms with E-state index in [4.69, 9.17) is 10.5 Å². The molecule has 0 fully saturated rings. The van der Waals surface area contributed by atoms with Crippen molar-refractivity contribution in [1.29, 1.82) is 0 Å². The van der Waals surface area contributed by atoms with Crippen LogP contribution in [0.15, 0.2) is 36.4 Å². The Morgan fingerprint density at radius 1 is 1.11 bits per heavy atom. The summed E-state index contributed by atoms with van der Waals surface area (Å²) >= 11 is 0. The van der Waals surface area contributed by atoms with E-state index in [1.807, 2.05) is 0 Å². The fraction of sp³-hybridized carbons (Fsp3) is 0.200. The van der Waals surface area contributed by atoms with Crippen LogP contribution in [0.5, 0.6) is 5.75 Å². The van der Waals surface area contributed by atoms with Crippen molar-refractivity contribution in [2.75, 3.05) is 7.11 Å². The first-order valence-corrected chi connectivity index (χ1v) is 5.88. The Bertz CT molecular complexity index is 599. The molecule has 0 amide bonds. The van der Waals surface area contributed by atoms with Crippen LogP contribution in [0, 0.1) is 18.6 Å². The number of nitrogens with two attached hydrogens (primary N) is 1. The molecule has 2 aromatic rings. The summed E-state index contributed by atoms with van der Waals surface area (Å²) in [6.07, 6.45) is 0. The molecule has 0 aliphatic rings. The van der Waals surface area contributed by atoms with Crippen LogP contribution in [0.2, 0.25) is 0 Å². The Balaban J connectivity index is 2.45. The van der Waals surface area contributed by atoms with Gasteiger partial charge in [0, 0.05) is 5.56 Å². The molecule has 0 saturated heterocycles. The van der Waals surface area contributed by atoms with Gasteiger partial charge in [0.1, 0.15) is 17.4 Å². The molecule has 4 heteroatoms. The zero-order valence-corrected chi connectivity index (χ0v) is 10.8. The third-order valence-corrected chi connectivity index (χ3v) is 3.08. The number of aryl methyl sites for hydroxylation is 1. The highest BCUT2D eigenvalue weighted by atomic mass is 19.1. The molecule has 0 radical (unpaired) electrons. The molecule has 1 atom stereocenters. The monoisotopic (exact) mass is 263 g/mol. The van der Waals surface area contributed by atoms with Crippen LogP contribution in [-0.4, -0.2) is 7.11 Å². The summed E-state index contributed by atoms with van der Waals surface area (Å²) in [6.45, 7) is 1.67. The SMILES string of the molecule is COc1ccc(F)cc1C(N)c1ccc(C)c(F)c1. The van der Waals surface area contributed by atoms with Crippen molar-refractivity contribution in [2.45, 2.75) is 13.0 Å². The number of rotatable bonds is 3. The van der Waals surface area contributed by atoms with E-state index in [2.05, 4.69) is 0 Å². The summed E-state index contributed by atoms with van der Waals surface area (Å²) in [7, 11) is 1.49. The van der Waals surface area contributed by atoms with Gasteiger partial charge in [-0.25, -0.2) is 8.78 Å². The predicted molar refractivity (Wildman–Crippen MR) is 70.1 cm³/mol. The highest BCUT2D eigenvalue weighted by Gasteiger charge is 2.16. The van der Waals surface area contributed by atoms with Gasteiger partial charge in [-0.3, -0.25) is 0 Å². The van der Waals surface area contributed by atoms with E-state index in [0.29, 0.717) is 22.4 Å². The van der Waals surface area contributed by atoms with Crippen LogP contribution in [0.1, 0.15) is 22.7 Å². The van der Waals surface area contributed by atoms with Gasteiger partial charge in [-0.1, -0.05) is 12.1 Å². The maximum absolute atomic E-state index is 13.6. The molecule has 2 rings (SSSR count). The van der Waals surface area contributed by atoms with E-state index in [-0.39, 0.29) is 5.82 Å². The van der Waals surface area contributed by atoms with Gasteiger partial charge in [0.25, 0.3) is 0 Å². The summed E-state index contributed by atoms with van der Waals surface area (Å²) < 4.78 is 32.0. The molecule has 19 heavy (non-hydrogen) atoms. The second kappa shape index (κ2) is 5.36. The van der Waals surface area contributed by atoms with E-state index in [9.17, 15) is 8.78 Å². The van der Waals surface area contributed by atoms with E-state index in [0.717, 1.165) is 0 Å². The molecule has 0 bridgehead atoms. The number of hydrogen-bond acceptors (Lipinski definition) is 2. The maximum Gasteiger partial charge on any atom is 0.126 e. The average molecular weight is 263 g/mol. The Morgan fingerprint density at radius 3 is 2.47 bits per heavy atom. The van der Waals surface area contributed by atoms with Gasteiger partial charge in [0.2, 0.25) is 0 Å². The lowest BCUT2D eigenvalue weighted by Crippen LogP contribution is -2.14. The fourth-order valence-electron chi connectivity index (χ4n) is 1.93. The molecular formula is C15H15F2NO. The van der Waals surface area contributed by atoms with Crippen LogP contribution in [-0.2, 0) is 0 Å². The molecule has 0 heterocycles. The van der Waals surface area contributed by atoms with Gasteiger partial charge in [-0.2, -0.15) is 0 Å². The molecule has 2 nitrogen and oxygen atoms in total. The first kappa shape index (κ1) is 13.5. The van der Waals surface area contributed by atoms with Gasteiger partial charge in [0.15, 0.2) is 0 Å². The van der Waals surface area contributed by atoms with Crippen molar-refractivity contribution in [3.63, 3.8) is 0 Å². The van der Waals surface area contributed by atoms with Gasteiger partial charge in [-0.05, 0) is 42.3 Å². The third-order valence-electron chi connectivity index (χ3n) is 3.08. The largest absolute Gasteiger partial charge is 0.496 e. The molecule has 2 N–H and O–H groups in total. The second-order valence-corrected chi connectivity index (χ2v) is 4.37. The topological polar surface area (TPSA) is 35.2 Å². The molecule has 0 saturated carbocycles. The number of benzene rings is 2. The van der Waals surface area contributed by atoms with Crippen molar-refractivity contribution in [3.05, 3.63) is 64.7 Å². The number of hydrogen-bond donors (Lipinski definition) is 1. The van der Waals surface area contributed by atoms with Crippen molar-refractivity contribution in [2.24, 2.45) is 5.73 Å². The number of ether oxygens (including phenoxy) is 1. The van der Waals surface area contributed by atoms with Crippen molar-refractivity contribution in [3.8, 4) is 5.75 Å². The zero-order valence-electron chi connectivity index (χ0n) is 10.8. The zero-order chi connectivity index (χ0) is 14.0. The Kier molecular flexibility index (Phi) is 3.81. The highest BCUT2D eigenvalue weighted by Crippen LogP contribution is 2.29. The Labute approximate surface area is 110 Å². The first-order chi connectivity index (χ1) is 9.02. The van der Waals surface area contributed by atoms with Gasteiger partial charge in [-0.15, -0.1) is 0 Å². The smallest absolute Gasteiger partial charge is 0.126 e. The molecule has 0 aromatic heterocycles. The molecular weight excluding hydrogens is 248 g/mol. The van der Waals surface area contributed by atoms with Crippen LogP contribution in [0.25, 0.3) is 0 Å². The number of halogens is 2. The fourth-order valence-corrected chi connectivity index (χ4v) is 1.93. The molecule has 100 valence electrons. The lowest BCUT2D eigenvalue weighted by atomic mass is 9.97. The van der Waals surface area contributed by atoms with Crippen LogP contribution < -0.4 is 10.5 Å². The average Bonchev–Trinajstić information content (AvgIpc) is 2.41. The third kappa shape index (κ3) is 2.74. The number of methoxy groups -OCH3 is 1. The highest BCUT2D eigenvalue weighted by molar-refractivity contribution is 5.42. The molecule has 2 aromatic carbocycles. The Morgan fingerprint density at radius 2 is 1.84 bits per heavy atom. The minimum absolute atomic E-state index is 0.330. The summed E-state index contributed by atoms with van der Waals surface area (Å²) in [5.74, 6) is -0.253. The summed E-state index contributed by atoms with van der Waals surface area (Å²) in [5.41, 5.74) is 7.68. The molecule has 0 spiro atoms. The molecule has 1 unspecified atom stereocenters. The van der Waals surface area contributed by atoms with Gasteiger partial charge >= 0.3 is 0 Å². The van der Waals surface area contributed by atoms with Crippen molar-refractivity contribution >= 4 is 0 Å². The van der Waals surface area contributed by atoms with E-state index in [1.54, 1.807) is 19.1 Å². The van der Waals surface area contributed by atoms with Gasteiger partial charge < -0.3 is 10.5 Å². The second-order valence-electron chi connectivity index (χ2n) is 4.37. The van der Waals surface area contributed by atoms with E-state index < -0.39 is 11.9 Å². The van der Waals surface area contributed by atoms with Crippen molar-refractivity contribution in [1.82, 2.24) is 0 Å². The summed E-state index contributed by atoms with van der Waals surface area (Å²) in [6, 6.07) is 8.22. The summed E-state index contributed by atoms with van der Waals surface area (Å²) in [5, 5.41) is 0. The maximum atomic E-state index is 13.6. The van der Waals surface area contributed by atoms with Crippen molar-refractivity contribution < 1.29 is 13.5 Å². The molecule has 0 aliphatic heterocycles. The minimum atomic E-state index is -0.638. The van der Waals surface area contributed by atoms with Crippen LogP contribution >= 0.6 is 0 Å². The Hall–Kier alpha value is -1.94. The van der Waals surface area contributed by atoms with Crippen LogP contribution in [0.4, 0.5) is 8.78 Å². The predicted octanol–water partition coefficient (Wildman–Crippen LogP) is 3.33. The lowest BCUT2D eigenvalue weighted by Gasteiger charge is -2.16. The van der Waals surface area contributed by atoms with E-state index in [1.165, 1.54) is 31.4 Å². The lowest BCUT2D eigenvalue weighted by molar-refractivity contribution is 0.406. The quantitative estimate of drug-likeness (QED) is 0.921.